The number of anilines is 1. The Morgan fingerprint density at radius 2 is 2.09 bits per heavy atom. The molecule has 0 aromatic carbocycles. The van der Waals surface area contributed by atoms with Gasteiger partial charge in [-0.1, -0.05) is 0 Å². The predicted molar refractivity (Wildman–Crippen MR) is 93.9 cm³/mol. The molecule has 5 heteroatoms. The number of aromatic nitrogens is 2. The van der Waals surface area contributed by atoms with Gasteiger partial charge in [0.25, 0.3) is 5.82 Å². The van der Waals surface area contributed by atoms with E-state index >= 15 is 0 Å². The van der Waals surface area contributed by atoms with Gasteiger partial charge in [0.05, 0.1) is 19.4 Å². The van der Waals surface area contributed by atoms with E-state index in [1.807, 2.05) is 6.07 Å². The van der Waals surface area contributed by atoms with E-state index in [2.05, 4.69) is 72.7 Å². The van der Waals surface area contributed by atoms with E-state index in [4.69, 9.17) is 4.42 Å². The van der Waals surface area contributed by atoms with Crippen molar-refractivity contribution in [3.05, 3.63) is 53.5 Å². The fourth-order valence-electron chi connectivity index (χ4n) is 3.26. The van der Waals surface area contributed by atoms with Gasteiger partial charge in [-0.3, -0.25) is 4.81 Å². The first-order valence-corrected chi connectivity index (χ1v) is 7.87. The second kappa shape index (κ2) is 4.98. The number of pyridine rings is 2. The molecule has 23 heavy (non-hydrogen) atoms. The average molecular weight is 304 g/mol. The van der Waals surface area contributed by atoms with Crippen LogP contribution >= 0.6 is 0 Å². The first kappa shape index (κ1) is 14.1. The standard InChI is InChI=1S/C18H19BN3O/c1-12-10-16(21(4)11-13(12)2)22-9-7-14-15-6-5-8-20-18(15)23-17(14)19(22)3/h5-11H,1-4H3/q+1. The highest BCUT2D eigenvalue weighted by molar-refractivity contribution is 6.76. The third kappa shape index (κ3) is 2.07. The van der Waals surface area contributed by atoms with Crippen LogP contribution < -0.4 is 15.0 Å². The molecule has 0 atom stereocenters. The lowest BCUT2D eigenvalue weighted by atomic mass is 9.58. The van der Waals surface area contributed by atoms with Gasteiger partial charge in [-0.05, 0) is 50.0 Å². The Kier molecular flexibility index (Phi) is 3.05. The van der Waals surface area contributed by atoms with Crippen LogP contribution in [0.2, 0.25) is 6.82 Å². The molecule has 1 aliphatic heterocycles. The number of rotatable bonds is 1. The van der Waals surface area contributed by atoms with Gasteiger partial charge in [-0.2, -0.15) is 0 Å². The topological polar surface area (TPSA) is 33.2 Å². The van der Waals surface area contributed by atoms with Gasteiger partial charge >= 0.3 is 6.85 Å². The fraction of sp³-hybridized carbons (Fsp3) is 0.222. The summed E-state index contributed by atoms with van der Waals surface area (Å²) in [5, 5.41) is 1.08. The van der Waals surface area contributed by atoms with Gasteiger partial charge in [0.1, 0.15) is 5.66 Å². The van der Waals surface area contributed by atoms with Crippen molar-refractivity contribution in [2.75, 3.05) is 4.81 Å². The summed E-state index contributed by atoms with van der Waals surface area (Å²) in [5.74, 6) is 1.15. The van der Waals surface area contributed by atoms with Crippen molar-refractivity contribution in [2.24, 2.45) is 7.05 Å². The quantitative estimate of drug-likeness (QED) is 0.512. The molecule has 0 fully saturated rings. The molecule has 114 valence electrons. The van der Waals surface area contributed by atoms with Gasteiger partial charge < -0.3 is 4.42 Å². The minimum atomic E-state index is 0.123. The van der Waals surface area contributed by atoms with E-state index in [0.29, 0.717) is 5.71 Å². The first-order chi connectivity index (χ1) is 11.1. The van der Waals surface area contributed by atoms with Crippen molar-refractivity contribution in [2.45, 2.75) is 20.7 Å². The van der Waals surface area contributed by atoms with Crippen LogP contribution in [0.4, 0.5) is 5.82 Å². The minimum absolute atomic E-state index is 0.123. The monoisotopic (exact) mass is 304 g/mol. The maximum absolute atomic E-state index is 6.04. The summed E-state index contributed by atoms with van der Waals surface area (Å²) in [4.78, 5) is 6.58. The number of hydrogen-bond acceptors (Lipinski definition) is 3. The Bertz CT molecular complexity index is 945. The van der Waals surface area contributed by atoms with Gasteiger partial charge in [0.15, 0.2) is 0 Å². The van der Waals surface area contributed by atoms with Gasteiger partial charge in [-0.25, -0.2) is 9.55 Å². The molecule has 0 saturated heterocycles. The summed E-state index contributed by atoms with van der Waals surface area (Å²) >= 11 is 0. The minimum Gasteiger partial charge on any atom is -0.447 e. The highest BCUT2D eigenvalue weighted by atomic mass is 16.3. The van der Waals surface area contributed by atoms with Crippen molar-refractivity contribution < 1.29 is 8.98 Å². The summed E-state index contributed by atoms with van der Waals surface area (Å²) < 4.78 is 8.20. The van der Waals surface area contributed by atoms with Crippen LogP contribution in [0.25, 0.3) is 17.2 Å². The van der Waals surface area contributed by atoms with Crippen molar-refractivity contribution >= 4 is 35.5 Å². The van der Waals surface area contributed by atoms with Crippen molar-refractivity contribution in [3.63, 3.8) is 0 Å². The molecule has 0 unspecified atom stereocenters. The lowest BCUT2D eigenvalue weighted by Gasteiger charge is -2.22. The maximum Gasteiger partial charge on any atom is 0.447 e. The van der Waals surface area contributed by atoms with E-state index in [9.17, 15) is 0 Å². The molecule has 0 spiro atoms. The zero-order chi connectivity index (χ0) is 16.1. The average Bonchev–Trinajstić information content (AvgIpc) is 2.92. The van der Waals surface area contributed by atoms with Crippen LogP contribution in [-0.2, 0) is 7.05 Å². The molecular formula is C18H19BN3O+. The molecule has 0 saturated carbocycles. The number of fused-ring (bicyclic) bond motifs is 3. The van der Waals surface area contributed by atoms with E-state index in [0.717, 1.165) is 22.4 Å². The van der Waals surface area contributed by atoms with Crippen LogP contribution in [0.5, 0.6) is 0 Å². The first-order valence-electron chi connectivity index (χ1n) is 7.87. The predicted octanol–water partition coefficient (Wildman–Crippen LogP) is 2.59. The molecule has 0 N–H and O–H groups in total. The van der Waals surface area contributed by atoms with Gasteiger partial charge in [0, 0.05) is 23.2 Å². The van der Waals surface area contributed by atoms with Crippen molar-refractivity contribution in [1.29, 1.82) is 0 Å². The van der Waals surface area contributed by atoms with Crippen LogP contribution in [0, 0.1) is 13.8 Å². The Labute approximate surface area is 136 Å². The second-order valence-corrected chi connectivity index (χ2v) is 6.24. The molecule has 0 radical (unpaired) electrons. The van der Waals surface area contributed by atoms with Crippen LogP contribution in [0.1, 0.15) is 16.7 Å². The zero-order valence-electron chi connectivity index (χ0n) is 13.9. The Balaban J connectivity index is 1.85. The maximum atomic E-state index is 6.04. The number of hydrogen-bond donors (Lipinski definition) is 0. The Morgan fingerprint density at radius 3 is 2.91 bits per heavy atom. The number of furan rings is 1. The Morgan fingerprint density at radius 1 is 1.26 bits per heavy atom. The number of nitrogens with zero attached hydrogens (tertiary/aromatic N) is 3. The SMILES string of the molecule is CB1c2oc3ncccc3c2C=CN1c1cc(C)c(C)c[n+]1C. The summed E-state index contributed by atoms with van der Waals surface area (Å²) in [5.41, 5.74) is 5.40. The van der Waals surface area contributed by atoms with Crippen LogP contribution in [-0.4, -0.2) is 11.8 Å². The molecule has 0 aliphatic carbocycles. The van der Waals surface area contributed by atoms with Crippen molar-refractivity contribution in [1.82, 2.24) is 4.98 Å². The highest BCUT2D eigenvalue weighted by Crippen LogP contribution is 2.25. The summed E-state index contributed by atoms with van der Waals surface area (Å²) in [6.45, 7) is 6.57. The van der Waals surface area contributed by atoms with Crippen molar-refractivity contribution in [3.8, 4) is 0 Å². The van der Waals surface area contributed by atoms with E-state index < -0.39 is 0 Å². The lowest BCUT2D eigenvalue weighted by Crippen LogP contribution is -2.50. The molecule has 0 amide bonds. The van der Waals surface area contributed by atoms with Crippen LogP contribution in [0.3, 0.4) is 0 Å². The molecule has 3 aromatic rings. The molecule has 4 heterocycles. The lowest BCUT2D eigenvalue weighted by molar-refractivity contribution is -0.658. The second-order valence-electron chi connectivity index (χ2n) is 6.24. The highest BCUT2D eigenvalue weighted by Gasteiger charge is 2.38. The summed E-state index contributed by atoms with van der Waals surface area (Å²) in [6.07, 6.45) is 8.20. The molecule has 4 nitrogen and oxygen atoms in total. The van der Waals surface area contributed by atoms with Gasteiger partial charge in [0.2, 0.25) is 5.71 Å². The number of aryl methyl sites for hydroxylation is 3. The molecule has 0 bridgehead atoms. The largest absolute Gasteiger partial charge is 0.447 e. The third-order valence-corrected chi connectivity index (χ3v) is 4.71. The summed E-state index contributed by atoms with van der Waals surface area (Å²) in [7, 11) is 2.08. The van der Waals surface area contributed by atoms with E-state index in [-0.39, 0.29) is 6.85 Å². The normalized spacial score (nSPS) is 13.7. The fourth-order valence-corrected chi connectivity index (χ4v) is 3.26. The van der Waals surface area contributed by atoms with E-state index in [1.165, 1.54) is 11.1 Å². The Hall–Kier alpha value is -2.56. The molecule has 4 rings (SSSR count). The van der Waals surface area contributed by atoms with Crippen LogP contribution in [0.15, 0.2) is 41.2 Å². The smallest absolute Gasteiger partial charge is 0.447 e. The molecule has 3 aromatic heterocycles. The molecular weight excluding hydrogens is 285 g/mol. The summed E-state index contributed by atoms with van der Waals surface area (Å²) in [6, 6.07) is 6.24. The van der Waals surface area contributed by atoms with Gasteiger partial charge in [-0.15, -0.1) is 0 Å². The third-order valence-electron chi connectivity index (χ3n) is 4.71. The van der Waals surface area contributed by atoms with E-state index in [1.54, 1.807) is 6.20 Å². The zero-order valence-corrected chi connectivity index (χ0v) is 13.9. The molecule has 1 aliphatic rings.